The number of allylic oxidation sites excluding steroid dienone is 4. The molecule has 0 bridgehead atoms. The van der Waals surface area contributed by atoms with Gasteiger partial charge in [0.15, 0.2) is 0 Å². The van der Waals surface area contributed by atoms with E-state index in [2.05, 4.69) is 46.8 Å². The zero-order valence-electron chi connectivity index (χ0n) is 10.4. The summed E-state index contributed by atoms with van der Waals surface area (Å²) in [6, 6.07) is 0. The smallest absolute Gasteiger partial charge is 0.00279 e. The predicted molar refractivity (Wildman–Crippen MR) is 64.3 cm³/mol. The van der Waals surface area contributed by atoms with Crippen molar-refractivity contribution in [2.45, 2.75) is 53.9 Å². The summed E-state index contributed by atoms with van der Waals surface area (Å²) in [7, 11) is 0. The second-order valence-electron chi connectivity index (χ2n) is 5.32. The minimum Gasteiger partial charge on any atom is -0.0850 e. The summed E-state index contributed by atoms with van der Waals surface area (Å²) in [5.41, 5.74) is 3.54. The van der Waals surface area contributed by atoms with Crippen LogP contribution in [0.1, 0.15) is 53.9 Å². The van der Waals surface area contributed by atoms with Gasteiger partial charge in [-0.3, -0.25) is 0 Å². The van der Waals surface area contributed by atoms with Crippen molar-refractivity contribution in [3.8, 4) is 0 Å². The van der Waals surface area contributed by atoms with Gasteiger partial charge in [0.25, 0.3) is 0 Å². The maximum Gasteiger partial charge on any atom is 0.00279 e. The van der Waals surface area contributed by atoms with Gasteiger partial charge in [-0.05, 0) is 38.5 Å². The summed E-state index contributed by atoms with van der Waals surface area (Å²) in [6.45, 7) is 11.6. The van der Waals surface area contributed by atoms with E-state index >= 15 is 0 Å². The Morgan fingerprint density at radius 2 is 2.21 bits per heavy atom. The molecule has 0 saturated carbocycles. The average molecular weight is 192 g/mol. The van der Waals surface area contributed by atoms with E-state index in [1.165, 1.54) is 24.8 Å². The first-order chi connectivity index (χ1) is 6.47. The third-order valence-electron chi connectivity index (χ3n) is 3.60. The third-order valence-corrected chi connectivity index (χ3v) is 3.60. The van der Waals surface area contributed by atoms with E-state index < -0.39 is 0 Å². The van der Waals surface area contributed by atoms with Crippen LogP contribution in [0.4, 0.5) is 0 Å². The van der Waals surface area contributed by atoms with Crippen LogP contribution in [0, 0.1) is 11.3 Å². The standard InChI is InChI=1S/C14H24/c1-6-11(2)10-13-12(3)8-7-9-14(13,4)5/h8,10,13H,6-7,9H2,1-5H3. The molecule has 1 atom stereocenters. The van der Waals surface area contributed by atoms with Gasteiger partial charge in [-0.1, -0.05) is 44.1 Å². The van der Waals surface area contributed by atoms with Crippen molar-refractivity contribution in [1.82, 2.24) is 0 Å². The van der Waals surface area contributed by atoms with Crippen LogP contribution in [-0.4, -0.2) is 0 Å². The van der Waals surface area contributed by atoms with Gasteiger partial charge in [-0.25, -0.2) is 0 Å². The molecule has 0 heterocycles. The Balaban J connectivity index is 2.92. The van der Waals surface area contributed by atoms with Crippen LogP contribution in [0.25, 0.3) is 0 Å². The number of hydrogen-bond donors (Lipinski definition) is 0. The molecule has 0 spiro atoms. The lowest BCUT2D eigenvalue weighted by atomic mass is 9.68. The van der Waals surface area contributed by atoms with E-state index in [-0.39, 0.29) is 0 Å². The Labute approximate surface area is 89.1 Å². The van der Waals surface area contributed by atoms with Gasteiger partial charge in [0.2, 0.25) is 0 Å². The topological polar surface area (TPSA) is 0 Å². The monoisotopic (exact) mass is 192 g/mol. The molecule has 0 nitrogen and oxygen atoms in total. The second kappa shape index (κ2) is 4.33. The van der Waals surface area contributed by atoms with Crippen molar-refractivity contribution in [1.29, 1.82) is 0 Å². The first-order valence-corrected chi connectivity index (χ1v) is 5.81. The minimum atomic E-state index is 0.454. The molecule has 14 heavy (non-hydrogen) atoms. The first kappa shape index (κ1) is 11.6. The lowest BCUT2D eigenvalue weighted by Crippen LogP contribution is -2.26. The summed E-state index contributed by atoms with van der Waals surface area (Å²) in [4.78, 5) is 0. The van der Waals surface area contributed by atoms with Gasteiger partial charge in [-0.2, -0.15) is 0 Å². The van der Waals surface area contributed by atoms with E-state index in [0.29, 0.717) is 11.3 Å². The first-order valence-electron chi connectivity index (χ1n) is 5.81. The largest absolute Gasteiger partial charge is 0.0850 e. The molecular formula is C14H24. The molecule has 0 aromatic rings. The fraction of sp³-hybridized carbons (Fsp3) is 0.714. The zero-order chi connectivity index (χ0) is 10.8. The number of hydrogen-bond acceptors (Lipinski definition) is 0. The van der Waals surface area contributed by atoms with E-state index in [1.807, 2.05) is 0 Å². The van der Waals surface area contributed by atoms with E-state index in [0.717, 1.165) is 0 Å². The summed E-state index contributed by atoms with van der Waals surface area (Å²) in [5.74, 6) is 0.663. The van der Waals surface area contributed by atoms with Crippen LogP contribution in [0.5, 0.6) is 0 Å². The fourth-order valence-electron chi connectivity index (χ4n) is 2.33. The quantitative estimate of drug-likeness (QED) is 0.555. The summed E-state index contributed by atoms with van der Waals surface area (Å²) in [6.07, 6.45) is 8.65. The lowest BCUT2D eigenvalue weighted by molar-refractivity contribution is 0.254. The Morgan fingerprint density at radius 1 is 1.57 bits per heavy atom. The Bertz CT molecular complexity index is 253. The summed E-state index contributed by atoms with van der Waals surface area (Å²) < 4.78 is 0. The molecule has 0 aromatic carbocycles. The molecule has 1 rings (SSSR count). The highest BCUT2D eigenvalue weighted by Gasteiger charge is 2.30. The Kier molecular flexibility index (Phi) is 3.58. The molecule has 1 aliphatic carbocycles. The van der Waals surface area contributed by atoms with Gasteiger partial charge in [0.05, 0.1) is 0 Å². The van der Waals surface area contributed by atoms with Gasteiger partial charge in [0, 0.05) is 5.92 Å². The van der Waals surface area contributed by atoms with Gasteiger partial charge in [-0.15, -0.1) is 0 Å². The highest BCUT2D eigenvalue weighted by Crippen LogP contribution is 2.42. The van der Waals surface area contributed by atoms with Crippen LogP contribution in [0.3, 0.4) is 0 Å². The predicted octanol–water partition coefficient (Wildman–Crippen LogP) is 4.73. The molecule has 0 amide bonds. The van der Waals surface area contributed by atoms with Crippen molar-refractivity contribution in [2.24, 2.45) is 11.3 Å². The highest BCUT2D eigenvalue weighted by molar-refractivity contribution is 5.20. The maximum atomic E-state index is 2.48. The molecule has 0 fully saturated rings. The van der Waals surface area contributed by atoms with Crippen LogP contribution in [0.2, 0.25) is 0 Å². The van der Waals surface area contributed by atoms with Gasteiger partial charge < -0.3 is 0 Å². The Morgan fingerprint density at radius 3 is 2.71 bits per heavy atom. The molecule has 0 saturated heterocycles. The summed E-state index contributed by atoms with van der Waals surface area (Å²) in [5, 5.41) is 0. The SMILES string of the molecule is CCC(C)=CC1C(C)=CCCC1(C)C. The third kappa shape index (κ3) is 2.50. The number of rotatable bonds is 2. The molecule has 80 valence electrons. The molecule has 0 radical (unpaired) electrons. The second-order valence-corrected chi connectivity index (χ2v) is 5.32. The van der Waals surface area contributed by atoms with Crippen LogP contribution in [0.15, 0.2) is 23.3 Å². The van der Waals surface area contributed by atoms with Crippen molar-refractivity contribution in [2.75, 3.05) is 0 Å². The molecule has 0 N–H and O–H groups in total. The molecule has 1 unspecified atom stereocenters. The highest BCUT2D eigenvalue weighted by atomic mass is 14.4. The van der Waals surface area contributed by atoms with Gasteiger partial charge >= 0.3 is 0 Å². The molecule has 0 aromatic heterocycles. The molecular weight excluding hydrogens is 168 g/mol. The van der Waals surface area contributed by atoms with E-state index in [4.69, 9.17) is 0 Å². The maximum absolute atomic E-state index is 2.48. The van der Waals surface area contributed by atoms with Gasteiger partial charge in [0.1, 0.15) is 0 Å². The Hall–Kier alpha value is -0.520. The van der Waals surface area contributed by atoms with E-state index in [9.17, 15) is 0 Å². The molecule has 0 aliphatic heterocycles. The molecule has 0 heteroatoms. The van der Waals surface area contributed by atoms with Crippen LogP contribution >= 0.6 is 0 Å². The van der Waals surface area contributed by atoms with E-state index in [1.54, 1.807) is 5.57 Å². The van der Waals surface area contributed by atoms with Crippen molar-refractivity contribution < 1.29 is 0 Å². The van der Waals surface area contributed by atoms with Crippen LogP contribution in [-0.2, 0) is 0 Å². The summed E-state index contributed by atoms with van der Waals surface area (Å²) >= 11 is 0. The lowest BCUT2D eigenvalue weighted by Gasteiger charge is -2.37. The average Bonchev–Trinajstić information content (AvgIpc) is 2.11. The zero-order valence-corrected chi connectivity index (χ0v) is 10.4. The normalized spacial score (nSPS) is 27.4. The van der Waals surface area contributed by atoms with Crippen molar-refractivity contribution >= 4 is 0 Å². The van der Waals surface area contributed by atoms with Crippen LogP contribution < -0.4 is 0 Å². The van der Waals surface area contributed by atoms with Crippen molar-refractivity contribution in [3.63, 3.8) is 0 Å². The fourth-order valence-corrected chi connectivity index (χ4v) is 2.33. The minimum absolute atomic E-state index is 0.454. The van der Waals surface area contributed by atoms with Crippen molar-refractivity contribution in [3.05, 3.63) is 23.3 Å². The molecule has 1 aliphatic rings.